The molecule has 0 fully saturated rings. The maximum Gasteiger partial charge on any atom is 0.224 e. The maximum atomic E-state index is 12.3. The number of aliphatic hydroxyl groups is 1. The van der Waals surface area contributed by atoms with Crippen LogP contribution in [-0.4, -0.2) is 22.5 Å². The zero-order valence-corrected chi connectivity index (χ0v) is 14.0. The zero-order valence-electron chi connectivity index (χ0n) is 14.0. The highest BCUT2D eigenvalue weighted by molar-refractivity contribution is 5.91. The molecule has 0 aliphatic rings. The van der Waals surface area contributed by atoms with Crippen LogP contribution in [0.3, 0.4) is 0 Å². The van der Waals surface area contributed by atoms with Crippen LogP contribution in [-0.2, 0) is 16.8 Å². The molecule has 1 atom stereocenters. The molecule has 1 unspecified atom stereocenters. The number of aryl methyl sites for hydroxylation is 1. The van der Waals surface area contributed by atoms with Crippen LogP contribution in [0.4, 0.5) is 0 Å². The van der Waals surface area contributed by atoms with Gasteiger partial charge in [-0.25, -0.2) is 0 Å². The second kappa shape index (κ2) is 6.49. The summed E-state index contributed by atoms with van der Waals surface area (Å²) >= 11 is 0. The number of hydrogen-bond donors (Lipinski definition) is 3. The van der Waals surface area contributed by atoms with Crippen molar-refractivity contribution in [3.8, 4) is 0 Å². The molecule has 4 nitrogen and oxygen atoms in total. The van der Waals surface area contributed by atoms with E-state index in [0.29, 0.717) is 0 Å². The van der Waals surface area contributed by atoms with Crippen molar-refractivity contribution in [2.45, 2.75) is 25.9 Å². The summed E-state index contributed by atoms with van der Waals surface area (Å²) in [4.78, 5) is 15.5. The Bertz CT molecular complexity index is 850. The molecule has 3 N–H and O–H groups in total. The van der Waals surface area contributed by atoms with Crippen LogP contribution in [0.1, 0.15) is 23.6 Å². The SMILES string of the molecule is Cc1cccc2[nH]cc(CC(=O)NCC(C)(O)c3ccccc3)c12. The average Bonchev–Trinajstić information content (AvgIpc) is 2.98. The van der Waals surface area contributed by atoms with Crippen LogP contribution in [0.5, 0.6) is 0 Å². The molecule has 1 amide bonds. The van der Waals surface area contributed by atoms with Gasteiger partial charge in [0, 0.05) is 17.1 Å². The van der Waals surface area contributed by atoms with E-state index >= 15 is 0 Å². The van der Waals surface area contributed by atoms with Crippen LogP contribution in [0.15, 0.2) is 54.7 Å². The minimum absolute atomic E-state index is 0.102. The van der Waals surface area contributed by atoms with Crippen LogP contribution < -0.4 is 5.32 Å². The molecule has 0 bridgehead atoms. The lowest BCUT2D eigenvalue weighted by molar-refractivity contribution is -0.121. The number of amides is 1. The van der Waals surface area contributed by atoms with Crippen LogP contribution in [0.25, 0.3) is 10.9 Å². The topological polar surface area (TPSA) is 65.1 Å². The molecule has 124 valence electrons. The summed E-state index contributed by atoms with van der Waals surface area (Å²) in [5.74, 6) is -0.102. The van der Waals surface area contributed by atoms with E-state index in [1.54, 1.807) is 6.92 Å². The van der Waals surface area contributed by atoms with E-state index in [4.69, 9.17) is 0 Å². The van der Waals surface area contributed by atoms with E-state index in [1.807, 2.05) is 61.7 Å². The van der Waals surface area contributed by atoms with Gasteiger partial charge in [0.05, 0.1) is 13.0 Å². The number of H-pyrrole nitrogens is 1. The summed E-state index contributed by atoms with van der Waals surface area (Å²) in [6, 6.07) is 15.4. The number of carbonyl (C=O) groups is 1. The van der Waals surface area contributed by atoms with E-state index in [0.717, 1.165) is 27.6 Å². The fraction of sp³-hybridized carbons (Fsp3) is 0.250. The molecule has 0 saturated carbocycles. The first-order valence-corrected chi connectivity index (χ1v) is 8.07. The smallest absolute Gasteiger partial charge is 0.224 e. The van der Waals surface area contributed by atoms with Crippen molar-refractivity contribution in [1.82, 2.24) is 10.3 Å². The van der Waals surface area contributed by atoms with Gasteiger partial charge < -0.3 is 15.4 Å². The Balaban J connectivity index is 1.67. The number of aromatic amines is 1. The minimum atomic E-state index is -1.09. The van der Waals surface area contributed by atoms with Gasteiger partial charge in [-0.2, -0.15) is 0 Å². The summed E-state index contributed by atoms with van der Waals surface area (Å²) < 4.78 is 0. The molecule has 0 spiro atoms. The Labute approximate surface area is 141 Å². The Morgan fingerprint density at radius 3 is 2.67 bits per heavy atom. The van der Waals surface area contributed by atoms with Crippen molar-refractivity contribution >= 4 is 16.8 Å². The standard InChI is InChI=1S/C20H22N2O2/c1-14-7-6-10-17-19(14)15(12-21-17)11-18(23)22-13-20(2,24)16-8-4-3-5-9-16/h3-10,12,21,24H,11,13H2,1-2H3,(H,22,23). The summed E-state index contributed by atoms with van der Waals surface area (Å²) in [5.41, 5.74) is 2.85. The number of rotatable bonds is 5. The first-order chi connectivity index (χ1) is 11.5. The lowest BCUT2D eigenvalue weighted by Gasteiger charge is -2.24. The second-order valence-corrected chi connectivity index (χ2v) is 6.40. The highest BCUT2D eigenvalue weighted by atomic mass is 16.3. The van der Waals surface area contributed by atoms with Gasteiger partial charge in [-0.05, 0) is 36.6 Å². The predicted molar refractivity (Wildman–Crippen MR) is 95.8 cm³/mol. The molecule has 0 aliphatic heterocycles. The number of hydrogen-bond acceptors (Lipinski definition) is 2. The van der Waals surface area contributed by atoms with E-state index in [1.165, 1.54) is 0 Å². The van der Waals surface area contributed by atoms with E-state index in [2.05, 4.69) is 10.3 Å². The largest absolute Gasteiger partial charge is 0.384 e. The third kappa shape index (κ3) is 3.34. The number of fused-ring (bicyclic) bond motifs is 1. The maximum absolute atomic E-state index is 12.3. The monoisotopic (exact) mass is 322 g/mol. The van der Waals surface area contributed by atoms with Crippen molar-refractivity contribution in [3.05, 3.63) is 71.4 Å². The van der Waals surface area contributed by atoms with Gasteiger partial charge in [0.15, 0.2) is 0 Å². The molecule has 2 aromatic carbocycles. The third-order valence-electron chi connectivity index (χ3n) is 4.37. The number of carbonyl (C=O) groups excluding carboxylic acids is 1. The summed E-state index contributed by atoms with van der Waals surface area (Å²) in [7, 11) is 0. The molecule has 0 saturated heterocycles. The van der Waals surface area contributed by atoms with Gasteiger partial charge >= 0.3 is 0 Å². The molecule has 1 aromatic heterocycles. The van der Waals surface area contributed by atoms with Crippen LogP contribution in [0.2, 0.25) is 0 Å². The van der Waals surface area contributed by atoms with E-state index in [-0.39, 0.29) is 18.9 Å². The molecule has 0 aliphatic carbocycles. The van der Waals surface area contributed by atoms with E-state index < -0.39 is 5.60 Å². The molecule has 24 heavy (non-hydrogen) atoms. The number of benzene rings is 2. The summed E-state index contributed by atoms with van der Waals surface area (Å²) in [6.45, 7) is 3.92. The third-order valence-corrected chi connectivity index (χ3v) is 4.37. The average molecular weight is 322 g/mol. The van der Waals surface area contributed by atoms with Crippen molar-refractivity contribution in [1.29, 1.82) is 0 Å². The second-order valence-electron chi connectivity index (χ2n) is 6.40. The lowest BCUT2D eigenvalue weighted by Crippen LogP contribution is -2.39. The van der Waals surface area contributed by atoms with Gasteiger partial charge in [0.2, 0.25) is 5.91 Å². The minimum Gasteiger partial charge on any atom is -0.384 e. The summed E-state index contributed by atoms with van der Waals surface area (Å²) in [6.07, 6.45) is 2.17. The van der Waals surface area contributed by atoms with Gasteiger partial charge in [-0.15, -0.1) is 0 Å². The quantitative estimate of drug-likeness (QED) is 0.676. The molecule has 3 rings (SSSR count). The highest BCUT2D eigenvalue weighted by Crippen LogP contribution is 2.23. The molecular weight excluding hydrogens is 300 g/mol. The van der Waals surface area contributed by atoms with Crippen LogP contribution >= 0.6 is 0 Å². The zero-order chi connectivity index (χ0) is 17.2. The Kier molecular flexibility index (Phi) is 4.40. The van der Waals surface area contributed by atoms with Gasteiger partial charge in [-0.1, -0.05) is 42.5 Å². The number of aromatic nitrogens is 1. The lowest BCUT2D eigenvalue weighted by atomic mass is 9.96. The highest BCUT2D eigenvalue weighted by Gasteiger charge is 2.23. The van der Waals surface area contributed by atoms with Crippen molar-refractivity contribution in [2.24, 2.45) is 0 Å². The Hall–Kier alpha value is -2.59. The molecular formula is C20H22N2O2. The predicted octanol–water partition coefficient (Wildman–Crippen LogP) is 3.04. The molecule has 1 heterocycles. The van der Waals surface area contributed by atoms with E-state index in [9.17, 15) is 9.90 Å². The fourth-order valence-electron chi connectivity index (χ4n) is 3.00. The van der Waals surface area contributed by atoms with Crippen molar-refractivity contribution < 1.29 is 9.90 Å². The molecule has 4 heteroatoms. The molecule has 3 aromatic rings. The fourth-order valence-corrected chi connectivity index (χ4v) is 3.00. The first kappa shape index (κ1) is 16.3. The Morgan fingerprint density at radius 1 is 1.17 bits per heavy atom. The van der Waals surface area contributed by atoms with Gasteiger partial charge in [-0.3, -0.25) is 4.79 Å². The Morgan fingerprint density at radius 2 is 1.92 bits per heavy atom. The van der Waals surface area contributed by atoms with Crippen molar-refractivity contribution in [2.75, 3.05) is 6.54 Å². The van der Waals surface area contributed by atoms with Crippen LogP contribution in [0, 0.1) is 6.92 Å². The van der Waals surface area contributed by atoms with Gasteiger partial charge in [0.25, 0.3) is 0 Å². The number of nitrogens with one attached hydrogen (secondary N) is 2. The molecule has 0 radical (unpaired) electrons. The van der Waals surface area contributed by atoms with Gasteiger partial charge in [0.1, 0.15) is 5.60 Å². The summed E-state index contributed by atoms with van der Waals surface area (Å²) in [5, 5.41) is 14.5. The normalized spacial score (nSPS) is 13.6. The first-order valence-electron chi connectivity index (χ1n) is 8.07. The van der Waals surface area contributed by atoms with Crippen molar-refractivity contribution in [3.63, 3.8) is 0 Å².